The van der Waals surface area contributed by atoms with Crippen molar-refractivity contribution >= 4 is 23.2 Å². The van der Waals surface area contributed by atoms with Crippen LogP contribution in [-0.2, 0) is 0 Å². The van der Waals surface area contributed by atoms with Gasteiger partial charge in [-0.25, -0.2) is 8.78 Å². The third-order valence-corrected chi connectivity index (χ3v) is 4.60. The molecule has 0 aliphatic carbocycles. The maximum absolute atomic E-state index is 13.9. The lowest BCUT2D eigenvalue weighted by Gasteiger charge is -2.29. The van der Waals surface area contributed by atoms with Crippen LogP contribution in [-0.4, -0.2) is 37.0 Å². The lowest BCUT2D eigenvalue weighted by Crippen LogP contribution is -2.35. The number of ether oxygens (including phenoxy) is 1. The van der Waals surface area contributed by atoms with Crippen molar-refractivity contribution in [2.24, 2.45) is 0 Å². The van der Waals surface area contributed by atoms with E-state index in [1.807, 2.05) is 7.05 Å². The molecule has 1 saturated heterocycles. The van der Waals surface area contributed by atoms with Gasteiger partial charge < -0.3 is 15.0 Å². The highest BCUT2D eigenvalue weighted by atomic mass is 35.5. The zero-order chi connectivity index (χ0) is 18.7. The van der Waals surface area contributed by atoms with Crippen LogP contribution in [0.5, 0.6) is 5.75 Å². The molecule has 0 saturated carbocycles. The van der Waals surface area contributed by atoms with Gasteiger partial charge in [-0.05, 0) is 38.1 Å². The minimum Gasteiger partial charge on any atom is -0.490 e. The standard InChI is InChI=1S/C19H19ClF2N2O2/c1-24-7-5-14(6-8-24)26-15-10-12(21)9-13(11-15)23-19(25)18-16(20)3-2-4-17(18)22/h2-4,9-11,14H,5-8H2,1H3,(H,23,25). The van der Waals surface area contributed by atoms with Gasteiger partial charge in [-0.1, -0.05) is 17.7 Å². The van der Waals surface area contributed by atoms with E-state index in [9.17, 15) is 13.6 Å². The van der Waals surface area contributed by atoms with Gasteiger partial charge in [0.15, 0.2) is 0 Å². The van der Waals surface area contributed by atoms with Crippen molar-refractivity contribution in [3.8, 4) is 5.75 Å². The van der Waals surface area contributed by atoms with Crippen molar-refractivity contribution in [3.63, 3.8) is 0 Å². The molecule has 1 N–H and O–H groups in total. The lowest BCUT2D eigenvalue weighted by atomic mass is 10.1. The summed E-state index contributed by atoms with van der Waals surface area (Å²) in [6.45, 7) is 1.82. The molecule has 138 valence electrons. The summed E-state index contributed by atoms with van der Waals surface area (Å²) in [4.78, 5) is 14.5. The summed E-state index contributed by atoms with van der Waals surface area (Å²) in [7, 11) is 2.04. The summed E-state index contributed by atoms with van der Waals surface area (Å²) in [6, 6.07) is 7.90. The monoisotopic (exact) mass is 380 g/mol. The molecule has 0 atom stereocenters. The van der Waals surface area contributed by atoms with Crippen molar-refractivity contribution in [1.82, 2.24) is 4.90 Å². The van der Waals surface area contributed by atoms with Gasteiger partial charge >= 0.3 is 0 Å². The van der Waals surface area contributed by atoms with Crippen LogP contribution in [0.3, 0.4) is 0 Å². The summed E-state index contributed by atoms with van der Waals surface area (Å²) < 4.78 is 33.6. The molecule has 7 heteroatoms. The Bertz CT molecular complexity index is 788. The molecule has 3 rings (SSSR count). The lowest BCUT2D eigenvalue weighted by molar-refractivity contribution is 0.102. The quantitative estimate of drug-likeness (QED) is 0.857. The van der Waals surface area contributed by atoms with Crippen LogP contribution in [0.2, 0.25) is 5.02 Å². The van der Waals surface area contributed by atoms with Crippen molar-refractivity contribution in [2.45, 2.75) is 18.9 Å². The van der Waals surface area contributed by atoms with Gasteiger partial charge in [0, 0.05) is 30.9 Å². The number of amides is 1. The predicted octanol–water partition coefficient (Wildman–Crippen LogP) is 4.34. The molecule has 1 aliphatic rings. The summed E-state index contributed by atoms with van der Waals surface area (Å²) in [6.07, 6.45) is 1.69. The Hall–Kier alpha value is -2.18. The molecule has 1 fully saturated rings. The summed E-state index contributed by atoms with van der Waals surface area (Å²) in [5.74, 6) is -1.71. The minimum atomic E-state index is -0.746. The van der Waals surface area contributed by atoms with Crippen molar-refractivity contribution in [2.75, 3.05) is 25.5 Å². The van der Waals surface area contributed by atoms with E-state index >= 15 is 0 Å². The van der Waals surface area contributed by atoms with Crippen molar-refractivity contribution < 1.29 is 18.3 Å². The van der Waals surface area contributed by atoms with E-state index in [-0.39, 0.29) is 22.4 Å². The fraction of sp³-hybridized carbons (Fsp3) is 0.316. The number of halogens is 3. The molecule has 0 spiro atoms. The largest absolute Gasteiger partial charge is 0.490 e. The summed E-state index contributed by atoms with van der Waals surface area (Å²) >= 11 is 5.89. The third-order valence-electron chi connectivity index (χ3n) is 4.29. The third kappa shape index (κ3) is 4.51. The maximum atomic E-state index is 13.9. The van der Waals surface area contributed by atoms with Gasteiger partial charge in [-0.3, -0.25) is 4.79 Å². The molecular formula is C19H19ClF2N2O2. The Morgan fingerprint density at radius 1 is 1.23 bits per heavy atom. The first-order valence-corrected chi connectivity index (χ1v) is 8.71. The maximum Gasteiger partial charge on any atom is 0.260 e. The molecule has 0 unspecified atom stereocenters. The Kier molecular flexibility index (Phi) is 5.74. The van der Waals surface area contributed by atoms with Gasteiger partial charge in [-0.15, -0.1) is 0 Å². The number of anilines is 1. The van der Waals surface area contributed by atoms with Crippen molar-refractivity contribution in [1.29, 1.82) is 0 Å². The SMILES string of the molecule is CN1CCC(Oc2cc(F)cc(NC(=O)c3c(F)cccc3Cl)c2)CC1. The summed E-state index contributed by atoms with van der Waals surface area (Å²) in [5.41, 5.74) is -0.103. The van der Waals surface area contributed by atoms with Crippen LogP contribution in [0.25, 0.3) is 0 Å². The molecule has 1 heterocycles. The van der Waals surface area contributed by atoms with E-state index < -0.39 is 17.5 Å². The number of piperidine rings is 1. The number of carbonyl (C=O) groups excluding carboxylic acids is 1. The fourth-order valence-corrected chi connectivity index (χ4v) is 3.16. The molecule has 4 nitrogen and oxygen atoms in total. The van der Waals surface area contributed by atoms with Crippen LogP contribution in [0.15, 0.2) is 36.4 Å². The van der Waals surface area contributed by atoms with Crippen molar-refractivity contribution in [3.05, 3.63) is 58.6 Å². The Balaban J connectivity index is 1.74. The van der Waals surface area contributed by atoms with E-state index in [1.165, 1.54) is 24.3 Å². The second-order valence-electron chi connectivity index (χ2n) is 6.35. The highest BCUT2D eigenvalue weighted by molar-refractivity contribution is 6.34. The molecular weight excluding hydrogens is 362 g/mol. The van der Waals surface area contributed by atoms with Gasteiger partial charge in [0.2, 0.25) is 0 Å². The predicted molar refractivity (Wildman–Crippen MR) is 96.9 cm³/mol. The number of hydrogen-bond donors (Lipinski definition) is 1. The first-order chi connectivity index (χ1) is 12.4. The van der Waals surface area contributed by atoms with E-state index in [0.717, 1.165) is 38.1 Å². The molecule has 0 bridgehead atoms. The molecule has 2 aromatic carbocycles. The van der Waals surface area contributed by atoms with Crippen LogP contribution >= 0.6 is 11.6 Å². The van der Waals surface area contributed by atoms with Crippen LogP contribution in [0.4, 0.5) is 14.5 Å². The van der Waals surface area contributed by atoms with Gasteiger partial charge in [-0.2, -0.15) is 0 Å². The van der Waals surface area contributed by atoms with Gasteiger partial charge in [0.25, 0.3) is 5.91 Å². The fourth-order valence-electron chi connectivity index (χ4n) is 2.91. The Labute approximate surface area is 155 Å². The van der Waals surface area contributed by atoms with E-state index in [0.29, 0.717) is 5.75 Å². The number of nitrogens with one attached hydrogen (secondary N) is 1. The zero-order valence-corrected chi connectivity index (χ0v) is 15.0. The smallest absolute Gasteiger partial charge is 0.260 e. The second kappa shape index (κ2) is 8.01. The normalized spacial score (nSPS) is 15.7. The number of carbonyl (C=O) groups is 1. The number of hydrogen-bond acceptors (Lipinski definition) is 3. The Morgan fingerprint density at radius 2 is 1.96 bits per heavy atom. The zero-order valence-electron chi connectivity index (χ0n) is 14.3. The highest BCUT2D eigenvalue weighted by Gasteiger charge is 2.20. The second-order valence-corrected chi connectivity index (χ2v) is 6.75. The molecule has 1 amide bonds. The van der Waals surface area contributed by atoms with Crippen LogP contribution in [0.1, 0.15) is 23.2 Å². The molecule has 0 aromatic heterocycles. The number of rotatable bonds is 4. The summed E-state index contributed by atoms with van der Waals surface area (Å²) in [5, 5.41) is 2.46. The number of nitrogens with zero attached hydrogens (tertiary/aromatic N) is 1. The molecule has 0 radical (unpaired) electrons. The number of benzene rings is 2. The van der Waals surface area contributed by atoms with E-state index in [1.54, 1.807) is 0 Å². The van der Waals surface area contributed by atoms with E-state index in [4.69, 9.17) is 16.3 Å². The highest BCUT2D eigenvalue weighted by Crippen LogP contribution is 2.26. The van der Waals surface area contributed by atoms with Gasteiger partial charge in [0.1, 0.15) is 23.5 Å². The average molecular weight is 381 g/mol. The van der Waals surface area contributed by atoms with Crippen LogP contribution in [0, 0.1) is 11.6 Å². The molecule has 1 aliphatic heterocycles. The molecule has 2 aromatic rings. The first kappa shape index (κ1) is 18.6. The minimum absolute atomic E-state index is 0.00226. The topological polar surface area (TPSA) is 41.6 Å². The number of likely N-dealkylation sites (tertiary alicyclic amines) is 1. The van der Waals surface area contributed by atoms with Gasteiger partial charge in [0.05, 0.1) is 10.6 Å². The van der Waals surface area contributed by atoms with Crippen LogP contribution < -0.4 is 10.1 Å². The van der Waals surface area contributed by atoms with E-state index in [2.05, 4.69) is 10.2 Å². The Morgan fingerprint density at radius 3 is 2.65 bits per heavy atom. The molecule has 26 heavy (non-hydrogen) atoms. The average Bonchev–Trinajstić information content (AvgIpc) is 2.56. The first-order valence-electron chi connectivity index (χ1n) is 8.33.